The van der Waals surface area contributed by atoms with E-state index >= 15 is 0 Å². The van der Waals surface area contributed by atoms with Crippen molar-refractivity contribution in [2.75, 3.05) is 57.9 Å². The minimum Gasteiger partial charge on any atom is -0.378 e. The van der Waals surface area contributed by atoms with Crippen LogP contribution in [0.2, 0.25) is 0 Å². The summed E-state index contributed by atoms with van der Waals surface area (Å²) in [6.45, 7) is 4.46. The highest BCUT2D eigenvalue weighted by Gasteiger charge is 2.23. The number of ether oxygens (including phenoxy) is 2. The van der Waals surface area contributed by atoms with E-state index in [9.17, 15) is 9.59 Å². The van der Waals surface area contributed by atoms with Crippen molar-refractivity contribution in [2.45, 2.75) is 0 Å². The molecule has 3 rings (SSSR count). The van der Waals surface area contributed by atoms with Crippen LogP contribution in [0.15, 0.2) is 24.3 Å². The number of benzene rings is 1. The third-order valence-corrected chi connectivity index (χ3v) is 4.00. The first-order chi connectivity index (χ1) is 11.3. The van der Waals surface area contributed by atoms with E-state index in [1.54, 1.807) is 28.0 Å². The van der Waals surface area contributed by atoms with Gasteiger partial charge in [-0.2, -0.15) is 0 Å². The van der Waals surface area contributed by atoms with Crippen molar-refractivity contribution in [1.29, 1.82) is 0 Å². The Kier molecular flexibility index (Phi) is 5.09. The second-order valence-electron chi connectivity index (χ2n) is 5.48. The number of hydrogen-bond donors (Lipinski definition) is 1. The van der Waals surface area contributed by atoms with Gasteiger partial charge in [0.2, 0.25) is 0 Å². The first-order valence-electron chi connectivity index (χ1n) is 7.85. The van der Waals surface area contributed by atoms with Crippen LogP contribution < -0.4 is 5.32 Å². The van der Waals surface area contributed by atoms with Gasteiger partial charge in [-0.1, -0.05) is 12.1 Å². The molecule has 3 amide bonds. The van der Waals surface area contributed by atoms with Crippen LogP contribution in [0.25, 0.3) is 0 Å². The molecule has 0 bridgehead atoms. The number of rotatable bonds is 2. The number of urea groups is 1. The zero-order chi connectivity index (χ0) is 16.1. The summed E-state index contributed by atoms with van der Waals surface area (Å²) in [6.07, 6.45) is 0. The minimum atomic E-state index is -0.199. The van der Waals surface area contributed by atoms with Crippen LogP contribution in [0.1, 0.15) is 10.4 Å². The van der Waals surface area contributed by atoms with Gasteiger partial charge in [-0.15, -0.1) is 0 Å². The van der Waals surface area contributed by atoms with Gasteiger partial charge in [-0.3, -0.25) is 4.79 Å². The fourth-order valence-electron chi connectivity index (χ4n) is 2.68. The number of nitrogens with zero attached hydrogens (tertiary/aromatic N) is 2. The molecule has 124 valence electrons. The van der Waals surface area contributed by atoms with Gasteiger partial charge in [0.05, 0.1) is 37.7 Å². The molecule has 0 aliphatic carbocycles. The molecule has 2 aliphatic heterocycles. The number of carbonyl (C=O) groups is 2. The molecular weight excluding hydrogens is 298 g/mol. The summed E-state index contributed by atoms with van der Waals surface area (Å²) in [5.41, 5.74) is 1.05. The molecule has 7 nitrogen and oxygen atoms in total. The predicted molar refractivity (Wildman–Crippen MR) is 84.6 cm³/mol. The van der Waals surface area contributed by atoms with Gasteiger partial charge in [0.25, 0.3) is 5.91 Å². The molecule has 7 heteroatoms. The summed E-state index contributed by atoms with van der Waals surface area (Å²) in [7, 11) is 0. The molecule has 1 aromatic rings. The van der Waals surface area contributed by atoms with E-state index in [-0.39, 0.29) is 11.9 Å². The molecule has 2 heterocycles. The van der Waals surface area contributed by atoms with Crippen LogP contribution in [0.3, 0.4) is 0 Å². The van der Waals surface area contributed by atoms with Crippen molar-refractivity contribution < 1.29 is 19.1 Å². The van der Waals surface area contributed by atoms with E-state index in [4.69, 9.17) is 9.47 Å². The van der Waals surface area contributed by atoms with E-state index in [0.29, 0.717) is 63.9 Å². The Hall–Kier alpha value is -2.12. The fourth-order valence-corrected chi connectivity index (χ4v) is 2.68. The molecule has 23 heavy (non-hydrogen) atoms. The van der Waals surface area contributed by atoms with Crippen molar-refractivity contribution in [3.63, 3.8) is 0 Å². The molecule has 2 fully saturated rings. The number of para-hydroxylation sites is 1. The quantitative estimate of drug-likeness (QED) is 0.883. The molecule has 0 saturated carbocycles. The molecule has 0 radical (unpaired) electrons. The SMILES string of the molecule is O=C(Nc1ccccc1C(=O)N1CCOCC1)N1CCOCC1. The molecule has 0 atom stereocenters. The molecule has 0 unspecified atom stereocenters. The molecule has 1 N–H and O–H groups in total. The van der Waals surface area contributed by atoms with Crippen LogP contribution in [0.4, 0.5) is 10.5 Å². The first-order valence-corrected chi connectivity index (χ1v) is 7.85. The number of morpholine rings is 2. The molecule has 2 aliphatic rings. The zero-order valence-corrected chi connectivity index (χ0v) is 13.0. The van der Waals surface area contributed by atoms with Crippen molar-refractivity contribution in [1.82, 2.24) is 9.80 Å². The smallest absolute Gasteiger partial charge is 0.322 e. The number of hydrogen-bond acceptors (Lipinski definition) is 4. The Labute approximate surface area is 135 Å². The Bertz CT molecular complexity index is 566. The average molecular weight is 319 g/mol. The van der Waals surface area contributed by atoms with Crippen LogP contribution in [0, 0.1) is 0 Å². The second-order valence-corrected chi connectivity index (χ2v) is 5.48. The normalized spacial score (nSPS) is 18.6. The number of amides is 3. The Balaban J connectivity index is 1.72. The number of nitrogens with one attached hydrogen (secondary N) is 1. The van der Waals surface area contributed by atoms with E-state index in [1.807, 2.05) is 6.07 Å². The zero-order valence-electron chi connectivity index (χ0n) is 13.0. The molecule has 0 spiro atoms. The van der Waals surface area contributed by atoms with Gasteiger partial charge in [0.1, 0.15) is 0 Å². The lowest BCUT2D eigenvalue weighted by molar-refractivity contribution is 0.0303. The van der Waals surface area contributed by atoms with E-state index in [1.165, 1.54) is 0 Å². The summed E-state index contributed by atoms with van der Waals surface area (Å²) in [5.74, 6) is -0.0776. The van der Waals surface area contributed by atoms with Gasteiger partial charge >= 0.3 is 6.03 Å². The maximum absolute atomic E-state index is 12.7. The van der Waals surface area contributed by atoms with Gasteiger partial charge in [0, 0.05) is 26.2 Å². The summed E-state index contributed by atoms with van der Waals surface area (Å²) < 4.78 is 10.5. The second kappa shape index (κ2) is 7.43. The number of anilines is 1. The maximum atomic E-state index is 12.7. The van der Waals surface area contributed by atoms with Crippen LogP contribution in [-0.2, 0) is 9.47 Å². The Morgan fingerprint density at radius 3 is 2.09 bits per heavy atom. The lowest BCUT2D eigenvalue weighted by Gasteiger charge is -2.29. The summed E-state index contributed by atoms with van der Waals surface area (Å²) >= 11 is 0. The van der Waals surface area contributed by atoms with Crippen LogP contribution in [0.5, 0.6) is 0 Å². The van der Waals surface area contributed by atoms with E-state index in [2.05, 4.69) is 5.32 Å². The molecule has 1 aromatic carbocycles. The highest BCUT2D eigenvalue weighted by molar-refractivity contribution is 6.03. The van der Waals surface area contributed by atoms with E-state index < -0.39 is 0 Å². The van der Waals surface area contributed by atoms with E-state index in [0.717, 1.165) is 0 Å². The first kappa shape index (κ1) is 15.8. The van der Waals surface area contributed by atoms with Crippen LogP contribution in [-0.4, -0.2) is 74.3 Å². The monoisotopic (exact) mass is 319 g/mol. The van der Waals surface area contributed by atoms with Gasteiger partial charge in [-0.05, 0) is 12.1 Å². The van der Waals surface area contributed by atoms with Gasteiger partial charge in [0.15, 0.2) is 0 Å². The average Bonchev–Trinajstić information content (AvgIpc) is 2.63. The van der Waals surface area contributed by atoms with Crippen molar-refractivity contribution in [3.8, 4) is 0 Å². The Morgan fingerprint density at radius 1 is 0.870 bits per heavy atom. The lowest BCUT2D eigenvalue weighted by Crippen LogP contribution is -2.44. The third kappa shape index (κ3) is 3.80. The van der Waals surface area contributed by atoms with Gasteiger partial charge in [-0.25, -0.2) is 4.79 Å². The summed E-state index contributed by atoms with van der Waals surface area (Å²) in [4.78, 5) is 28.4. The lowest BCUT2D eigenvalue weighted by atomic mass is 10.1. The molecular formula is C16H21N3O4. The van der Waals surface area contributed by atoms with Gasteiger partial charge < -0.3 is 24.6 Å². The Morgan fingerprint density at radius 2 is 1.43 bits per heavy atom. The highest BCUT2D eigenvalue weighted by Crippen LogP contribution is 2.19. The maximum Gasteiger partial charge on any atom is 0.322 e. The topological polar surface area (TPSA) is 71.1 Å². The van der Waals surface area contributed by atoms with Crippen molar-refractivity contribution >= 4 is 17.6 Å². The van der Waals surface area contributed by atoms with Crippen LogP contribution >= 0.6 is 0 Å². The van der Waals surface area contributed by atoms with Crippen molar-refractivity contribution in [2.24, 2.45) is 0 Å². The summed E-state index contributed by atoms with van der Waals surface area (Å²) in [5, 5.41) is 2.85. The third-order valence-electron chi connectivity index (χ3n) is 4.00. The highest BCUT2D eigenvalue weighted by atomic mass is 16.5. The number of carbonyl (C=O) groups excluding carboxylic acids is 2. The van der Waals surface area contributed by atoms with Crippen molar-refractivity contribution in [3.05, 3.63) is 29.8 Å². The molecule has 0 aromatic heterocycles. The summed E-state index contributed by atoms with van der Waals surface area (Å²) in [6, 6.07) is 6.91. The fraction of sp³-hybridized carbons (Fsp3) is 0.500. The predicted octanol–water partition coefficient (Wildman–Crippen LogP) is 1.02. The largest absolute Gasteiger partial charge is 0.378 e. The standard InChI is InChI=1S/C16H21N3O4/c20-15(18-5-9-22-10-6-18)13-3-1-2-4-14(13)17-16(21)19-7-11-23-12-8-19/h1-4H,5-12H2,(H,17,21). The minimum absolute atomic E-state index is 0.0776. The molecule has 2 saturated heterocycles.